The van der Waals surface area contributed by atoms with Crippen molar-refractivity contribution in [3.8, 4) is 11.1 Å². The molecule has 0 atom stereocenters. The molecular weight excluding hydrogens is 320 g/mol. The molecule has 0 unspecified atom stereocenters. The van der Waals surface area contributed by atoms with E-state index >= 15 is 0 Å². The van der Waals surface area contributed by atoms with E-state index in [0.29, 0.717) is 21.1 Å². The van der Waals surface area contributed by atoms with E-state index in [2.05, 4.69) is 30.9 Å². The summed E-state index contributed by atoms with van der Waals surface area (Å²) in [6, 6.07) is 5.17. The van der Waals surface area contributed by atoms with Gasteiger partial charge in [0.05, 0.1) is 5.69 Å². The molecule has 4 nitrogen and oxygen atoms in total. The predicted molar refractivity (Wildman–Crippen MR) is 69.3 cm³/mol. The monoisotopic (exact) mass is 325 g/mol. The fourth-order valence-corrected chi connectivity index (χ4v) is 2.36. The van der Waals surface area contributed by atoms with Gasteiger partial charge in [0.2, 0.25) is 0 Å². The van der Waals surface area contributed by atoms with Crippen LogP contribution in [0.15, 0.2) is 33.4 Å². The molecule has 2 aromatic carbocycles. The van der Waals surface area contributed by atoms with Crippen molar-refractivity contribution in [3.63, 3.8) is 0 Å². The molecule has 96 valence electrons. The zero-order chi connectivity index (χ0) is 13.6. The smallest absolute Gasteiger partial charge is 0.146 e. The molecule has 3 aromatic rings. The lowest BCUT2D eigenvalue weighted by atomic mass is 10.0. The SMILES string of the molecule is Nc1cc(Br)c(-c2cc3nonc3cc2F)cc1F. The van der Waals surface area contributed by atoms with E-state index in [4.69, 9.17) is 5.73 Å². The van der Waals surface area contributed by atoms with Crippen LogP contribution in [-0.2, 0) is 0 Å². The molecule has 2 N–H and O–H groups in total. The molecule has 0 fully saturated rings. The van der Waals surface area contributed by atoms with E-state index in [1.54, 1.807) is 0 Å². The molecule has 0 amide bonds. The fourth-order valence-electron chi connectivity index (χ4n) is 1.78. The fraction of sp³-hybridized carbons (Fsp3) is 0. The number of nitrogen functional groups attached to an aromatic ring is 1. The number of anilines is 1. The Bertz CT molecular complexity index is 788. The van der Waals surface area contributed by atoms with Crippen LogP contribution in [0.1, 0.15) is 0 Å². The van der Waals surface area contributed by atoms with Crippen LogP contribution in [0.3, 0.4) is 0 Å². The zero-order valence-corrected chi connectivity index (χ0v) is 10.9. The molecule has 0 radical (unpaired) electrons. The van der Waals surface area contributed by atoms with E-state index in [1.165, 1.54) is 18.2 Å². The minimum absolute atomic E-state index is 0.0137. The van der Waals surface area contributed by atoms with E-state index in [-0.39, 0.29) is 11.3 Å². The summed E-state index contributed by atoms with van der Waals surface area (Å²) in [4.78, 5) is 0. The topological polar surface area (TPSA) is 64.9 Å². The van der Waals surface area contributed by atoms with Crippen molar-refractivity contribution in [1.29, 1.82) is 0 Å². The molecule has 0 aliphatic rings. The van der Waals surface area contributed by atoms with Gasteiger partial charge in [-0.25, -0.2) is 13.4 Å². The Hall–Kier alpha value is -2.02. The number of halogens is 3. The Kier molecular flexibility index (Phi) is 2.70. The highest BCUT2D eigenvalue weighted by atomic mass is 79.9. The maximum atomic E-state index is 14.0. The molecule has 1 aromatic heterocycles. The van der Waals surface area contributed by atoms with Crippen molar-refractivity contribution >= 4 is 32.7 Å². The van der Waals surface area contributed by atoms with Crippen LogP contribution >= 0.6 is 15.9 Å². The van der Waals surface area contributed by atoms with E-state index in [1.807, 2.05) is 0 Å². The highest BCUT2D eigenvalue weighted by Gasteiger charge is 2.15. The molecule has 0 bridgehead atoms. The van der Waals surface area contributed by atoms with Crippen molar-refractivity contribution in [2.24, 2.45) is 0 Å². The average Bonchev–Trinajstić information content (AvgIpc) is 2.80. The van der Waals surface area contributed by atoms with Crippen molar-refractivity contribution in [3.05, 3.63) is 40.4 Å². The maximum absolute atomic E-state index is 14.0. The Morgan fingerprint density at radius 2 is 1.63 bits per heavy atom. The molecule has 0 saturated carbocycles. The summed E-state index contributed by atoms with van der Waals surface area (Å²) >= 11 is 3.23. The standard InChI is InChI=1S/C12H6BrF2N3O/c13-7-3-10(16)9(15)1-5(7)6-2-11-12(4-8(6)14)18-19-17-11/h1-4H,16H2. The van der Waals surface area contributed by atoms with Crippen molar-refractivity contribution in [2.45, 2.75) is 0 Å². The van der Waals surface area contributed by atoms with Gasteiger partial charge in [0.25, 0.3) is 0 Å². The predicted octanol–water partition coefficient (Wildman–Crippen LogP) is 3.51. The van der Waals surface area contributed by atoms with Gasteiger partial charge in [-0.15, -0.1) is 0 Å². The molecule has 19 heavy (non-hydrogen) atoms. The van der Waals surface area contributed by atoms with Gasteiger partial charge in [0.1, 0.15) is 22.7 Å². The second kappa shape index (κ2) is 4.27. The molecule has 1 heterocycles. The average molecular weight is 326 g/mol. The highest BCUT2D eigenvalue weighted by Crippen LogP contribution is 2.34. The lowest BCUT2D eigenvalue weighted by molar-refractivity contribution is 0.315. The van der Waals surface area contributed by atoms with Gasteiger partial charge < -0.3 is 5.73 Å². The minimum atomic E-state index is -0.615. The number of hydrogen-bond acceptors (Lipinski definition) is 4. The maximum Gasteiger partial charge on any atom is 0.146 e. The van der Waals surface area contributed by atoms with Crippen LogP contribution < -0.4 is 5.73 Å². The third-order valence-electron chi connectivity index (χ3n) is 2.72. The lowest BCUT2D eigenvalue weighted by Gasteiger charge is -2.08. The number of rotatable bonds is 1. The van der Waals surface area contributed by atoms with Crippen LogP contribution in [0, 0.1) is 11.6 Å². The highest BCUT2D eigenvalue weighted by molar-refractivity contribution is 9.10. The third kappa shape index (κ3) is 1.95. The molecule has 0 saturated heterocycles. The van der Waals surface area contributed by atoms with Gasteiger partial charge in [-0.1, -0.05) is 15.9 Å². The van der Waals surface area contributed by atoms with Crippen LogP contribution in [0.2, 0.25) is 0 Å². The van der Waals surface area contributed by atoms with Crippen LogP contribution in [0.5, 0.6) is 0 Å². The van der Waals surface area contributed by atoms with Crippen molar-refractivity contribution in [2.75, 3.05) is 5.73 Å². The summed E-state index contributed by atoms with van der Waals surface area (Å²) in [5.41, 5.74) is 6.65. The van der Waals surface area contributed by atoms with Crippen LogP contribution in [0.4, 0.5) is 14.5 Å². The Balaban J connectivity index is 2.29. The quantitative estimate of drug-likeness (QED) is 0.695. The van der Waals surface area contributed by atoms with Crippen LogP contribution in [-0.4, -0.2) is 10.3 Å². The first-order chi connectivity index (χ1) is 9.06. The Labute approximate surface area is 114 Å². The third-order valence-corrected chi connectivity index (χ3v) is 3.38. The summed E-state index contributed by atoms with van der Waals surface area (Å²) in [7, 11) is 0. The number of fused-ring (bicyclic) bond motifs is 1. The van der Waals surface area contributed by atoms with Gasteiger partial charge in [0, 0.05) is 21.7 Å². The first-order valence-corrected chi connectivity index (χ1v) is 6.02. The van der Waals surface area contributed by atoms with Crippen molar-refractivity contribution in [1.82, 2.24) is 10.3 Å². The molecule has 7 heteroatoms. The zero-order valence-electron chi connectivity index (χ0n) is 9.32. The van der Waals surface area contributed by atoms with E-state index < -0.39 is 11.6 Å². The number of nitrogens with zero attached hydrogens (tertiary/aromatic N) is 2. The summed E-state index contributed by atoms with van der Waals surface area (Å²) in [5.74, 6) is -1.16. The Morgan fingerprint density at radius 3 is 2.37 bits per heavy atom. The summed E-state index contributed by atoms with van der Waals surface area (Å²) in [6.07, 6.45) is 0. The van der Waals surface area contributed by atoms with Gasteiger partial charge in [-0.2, -0.15) is 0 Å². The first-order valence-electron chi connectivity index (χ1n) is 5.23. The van der Waals surface area contributed by atoms with Gasteiger partial charge >= 0.3 is 0 Å². The van der Waals surface area contributed by atoms with Gasteiger partial charge in [0.15, 0.2) is 0 Å². The molecular formula is C12H6BrF2N3O. The number of nitrogens with two attached hydrogens (primary N) is 1. The molecule has 0 aliphatic carbocycles. The summed E-state index contributed by atoms with van der Waals surface area (Å²) in [6.45, 7) is 0. The minimum Gasteiger partial charge on any atom is -0.396 e. The summed E-state index contributed by atoms with van der Waals surface area (Å²) < 4.78 is 32.5. The number of aromatic nitrogens is 2. The largest absolute Gasteiger partial charge is 0.396 e. The lowest BCUT2D eigenvalue weighted by Crippen LogP contribution is -1.94. The van der Waals surface area contributed by atoms with Crippen molar-refractivity contribution < 1.29 is 13.4 Å². The second-order valence-electron chi connectivity index (χ2n) is 3.94. The Morgan fingerprint density at radius 1 is 0.947 bits per heavy atom. The molecule has 3 rings (SSSR count). The molecule has 0 aliphatic heterocycles. The number of benzene rings is 2. The number of hydrogen-bond donors (Lipinski definition) is 1. The van der Waals surface area contributed by atoms with Crippen LogP contribution in [0.25, 0.3) is 22.2 Å². The van der Waals surface area contributed by atoms with Gasteiger partial charge in [-0.3, -0.25) is 0 Å². The van der Waals surface area contributed by atoms with E-state index in [9.17, 15) is 8.78 Å². The second-order valence-corrected chi connectivity index (χ2v) is 4.79. The first kappa shape index (κ1) is 12.0. The normalized spacial score (nSPS) is 11.1. The van der Waals surface area contributed by atoms with E-state index in [0.717, 1.165) is 6.07 Å². The molecule has 0 spiro atoms. The van der Waals surface area contributed by atoms with Gasteiger partial charge in [-0.05, 0) is 28.5 Å². The summed E-state index contributed by atoms with van der Waals surface area (Å²) in [5, 5.41) is 7.17.